The van der Waals surface area contributed by atoms with E-state index >= 15 is 0 Å². The fraction of sp³-hybridized carbons (Fsp3) is 0.312. The van der Waals surface area contributed by atoms with Crippen LogP contribution in [0.3, 0.4) is 0 Å². The molecule has 1 aliphatic heterocycles. The van der Waals surface area contributed by atoms with E-state index in [0.717, 1.165) is 0 Å². The normalized spacial score (nSPS) is 15.7. The van der Waals surface area contributed by atoms with Gasteiger partial charge in [-0.15, -0.1) is 0 Å². The van der Waals surface area contributed by atoms with Crippen LogP contribution in [0.25, 0.3) is 6.08 Å². The summed E-state index contributed by atoms with van der Waals surface area (Å²) < 4.78 is 16.0. The lowest BCUT2D eigenvalue weighted by Crippen LogP contribution is -2.22. The van der Waals surface area contributed by atoms with Gasteiger partial charge in [0.05, 0.1) is 23.6 Å². The number of likely N-dealkylation sites (N-methyl/N-ethyl adjacent to an activating group) is 1. The number of amides is 1. The van der Waals surface area contributed by atoms with Gasteiger partial charge in [0.25, 0.3) is 5.91 Å². The van der Waals surface area contributed by atoms with Crippen molar-refractivity contribution in [3.63, 3.8) is 0 Å². The van der Waals surface area contributed by atoms with Crippen molar-refractivity contribution in [1.82, 2.24) is 4.90 Å². The zero-order valence-corrected chi connectivity index (χ0v) is 16.2. The molecule has 2 rings (SSSR count). The van der Waals surface area contributed by atoms with Crippen molar-refractivity contribution in [3.05, 3.63) is 27.6 Å². The maximum atomic E-state index is 12.1. The third kappa shape index (κ3) is 4.65. The predicted molar refractivity (Wildman–Crippen MR) is 101 cm³/mol. The van der Waals surface area contributed by atoms with E-state index in [-0.39, 0.29) is 29.9 Å². The van der Waals surface area contributed by atoms with Gasteiger partial charge in [0.15, 0.2) is 18.1 Å². The first kappa shape index (κ1) is 19.6. The monoisotopic (exact) mass is 401 g/mol. The van der Waals surface area contributed by atoms with Crippen molar-refractivity contribution in [1.29, 1.82) is 0 Å². The summed E-state index contributed by atoms with van der Waals surface area (Å²) in [6, 6.07) is 3.28. The van der Waals surface area contributed by atoms with Crippen molar-refractivity contribution < 1.29 is 23.8 Å². The lowest BCUT2D eigenvalue weighted by molar-refractivity contribution is -0.145. The van der Waals surface area contributed by atoms with E-state index in [1.165, 1.54) is 23.8 Å². The third-order valence-electron chi connectivity index (χ3n) is 3.18. The number of thioether (sulfide) groups is 1. The molecule has 0 aromatic heterocycles. The number of ether oxygens (including phenoxy) is 3. The number of thiocarbonyl (C=S) groups is 1. The van der Waals surface area contributed by atoms with E-state index in [0.29, 0.717) is 20.5 Å². The highest BCUT2D eigenvalue weighted by Gasteiger charge is 2.28. The molecule has 0 unspecified atom stereocenters. The smallest absolute Gasteiger partial charge is 0.344 e. The number of carbonyl (C=O) groups is 2. The Labute approximate surface area is 160 Å². The second kappa shape index (κ2) is 8.55. The maximum absolute atomic E-state index is 12.1. The summed E-state index contributed by atoms with van der Waals surface area (Å²) >= 11 is 12.6. The van der Waals surface area contributed by atoms with Crippen molar-refractivity contribution in [2.75, 3.05) is 27.4 Å². The standard InChI is InChI=1S/C16H16ClNO5S2/c1-4-22-13(19)8-23-14-10(17)5-9(6-11(14)21-3)7-12-15(20)18(2)16(24)25-12/h5-7H,4,8H2,1-3H3/b12-7+. The van der Waals surface area contributed by atoms with Crippen LogP contribution in [0, 0.1) is 0 Å². The van der Waals surface area contributed by atoms with Crippen LogP contribution < -0.4 is 9.47 Å². The fourth-order valence-electron chi connectivity index (χ4n) is 1.99. The minimum atomic E-state index is -0.503. The highest BCUT2D eigenvalue weighted by molar-refractivity contribution is 8.26. The molecule has 9 heteroatoms. The van der Waals surface area contributed by atoms with Gasteiger partial charge in [-0.1, -0.05) is 35.6 Å². The second-order valence-electron chi connectivity index (χ2n) is 4.87. The quantitative estimate of drug-likeness (QED) is 0.412. The number of esters is 1. The topological polar surface area (TPSA) is 65.1 Å². The molecule has 1 aromatic rings. The van der Waals surface area contributed by atoms with Gasteiger partial charge in [0.2, 0.25) is 0 Å². The average molecular weight is 402 g/mol. The Morgan fingerprint density at radius 1 is 1.44 bits per heavy atom. The first-order valence-corrected chi connectivity index (χ1v) is 8.85. The Balaban J connectivity index is 2.26. The van der Waals surface area contributed by atoms with Crippen LogP contribution in [0.5, 0.6) is 11.5 Å². The Morgan fingerprint density at radius 2 is 2.16 bits per heavy atom. The molecule has 25 heavy (non-hydrogen) atoms. The number of hydrogen-bond acceptors (Lipinski definition) is 7. The number of nitrogens with zero attached hydrogens (tertiary/aromatic N) is 1. The largest absolute Gasteiger partial charge is 0.493 e. The van der Waals surface area contributed by atoms with E-state index in [1.807, 2.05) is 0 Å². The van der Waals surface area contributed by atoms with Crippen molar-refractivity contribution in [3.8, 4) is 11.5 Å². The molecule has 134 valence electrons. The highest BCUT2D eigenvalue weighted by atomic mass is 35.5. The number of methoxy groups -OCH3 is 1. The van der Waals surface area contributed by atoms with Crippen LogP contribution in [-0.2, 0) is 14.3 Å². The highest BCUT2D eigenvalue weighted by Crippen LogP contribution is 2.38. The molecule has 1 aromatic carbocycles. The summed E-state index contributed by atoms with van der Waals surface area (Å²) in [7, 11) is 3.08. The van der Waals surface area contributed by atoms with E-state index in [4.69, 9.17) is 38.0 Å². The molecule has 0 atom stereocenters. The third-order valence-corrected chi connectivity index (χ3v) is 4.94. The minimum absolute atomic E-state index is 0.173. The van der Waals surface area contributed by atoms with Gasteiger partial charge in [-0.2, -0.15) is 0 Å². The summed E-state index contributed by atoms with van der Waals surface area (Å²) in [5, 5.41) is 0.252. The summed E-state index contributed by atoms with van der Waals surface area (Å²) in [6.45, 7) is 1.69. The van der Waals surface area contributed by atoms with Gasteiger partial charge in [0, 0.05) is 7.05 Å². The summed E-state index contributed by atoms with van der Waals surface area (Å²) in [5.74, 6) is -0.100. The molecule has 1 heterocycles. The fourth-order valence-corrected chi connectivity index (χ4v) is 3.45. The minimum Gasteiger partial charge on any atom is -0.493 e. The van der Waals surface area contributed by atoms with Gasteiger partial charge in [-0.3, -0.25) is 9.69 Å². The molecule has 0 spiro atoms. The number of benzene rings is 1. The van der Waals surface area contributed by atoms with E-state index in [1.54, 1.807) is 32.2 Å². The lowest BCUT2D eigenvalue weighted by Gasteiger charge is -2.13. The summed E-state index contributed by atoms with van der Waals surface area (Å²) in [6.07, 6.45) is 1.67. The molecule has 1 fully saturated rings. The zero-order valence-electron chi connectivity index (χ0n) is 13.8. The number of halogens is 1. The molecule has 1 amide bonds. The van der Waals surface area contributed by atoms with Gasteiger partial charge < -0.3 is 14.2 Å². The Morgan fingerprint density at radius 3 is 2.72 bits per heavy atom. The van der Waals surface area contributed by atoms with Crippen LogP contribution in [0.1, 0.15) is 12.5 Å². The average Bonchev–Trinajstić information content (AvgIpc) is 2.80. The van der Waals surface area contributed by atoms with Crippen LogP contribution in [0.2, 0.25) is 5.02 Å². The van der Waals surface area contributed by atoms with E-state index in [9.17, 15) is 9.59 Å². The van der Waals surface area contributed by atoms with Crippen LogP contribution in [0.4, 0.5) is 0 Å². The first-order valence-electron chi connectivity index (χ1n) is 7.24. The van der Waals surface area contributed by atoms with E-state index < -0.39 is 5.97 Å². The van der Waals surface area contributed by atoms with Gasteiger partial charge in [-0.25, -0.2) is 4.79 Å². The maximum Gasteiger partial charge on any atom is 0.344 e. The summed E-state index contributed by atoms with van der Waals surface area (Å²) in [4.78, 5) is 25.4. The molecular formula is C16H16ClNO5S2. The van der Waals surface area contributed by atoms with Crippen molar-refractivity contribution >= 4 is 57.9 Å². The lowest BCUT2D eigenvalue weighted by atomic mass is 10.2. The Kier molecular flexibility index (Phi) is 6.69. The molecular weight excluding hydrogens is 386 g/mol. The van der Waals surface area contributed by atoms with Gasteiger partial charge >= 0.3 is 5.97 Å². The van der Waals surface area contributed by atoms with Gasteiger partial charge in [-0.05, 0) is 30.7 Å². The van der Waals surface area contributed by atoms with Crippen LogP contribution in [-0.4, -0.2) is 48.5 Å². The van der Waals surface area contributed by atoms with Gasteiger partial charge in [0.1, 0.15) is 4.32 Å². The first-order chi connectivity index (χ1) is 11.9. The number of carbonyl (C=O) groups excluding carboxylic acids is 2. The predicted octanol–water partition coefficient (Wildman–Crippen LogP) is 3.12. The summed E-state index contributed by atoms with van der Waals surface area (Å²) in [5.41, 5.74) is 0.652. The Hall–Kier alpha value is -1.77. The number of hydrogen-bond donors (Lipinski definition) is 0. The van der Waals surface area contributed by atoms with Crippen LogP contribution >= 0.6 is 35.6 Å². The molecule has 0 radical (unpaired) electrons. The van der Waals surface area contributed by atoms with Crippen molar-refractivity contribution in [2.45, 2.75) is 6.92 Å². The van der Waals surface area contributed by atoms with Crippen molar-refractivity contribution in [2.24, 2.45) is 0 Å². The van der Waals surface area contributed by atoms with Crippen LogP contribution in [0.15, 0.2) is 17.0 Å². The Bertz CT molecular complexity index is 750. The molecule has 6 nitrogen and oxygen atoms in total. The number of rotatable bonds is 6. The molecule has 0 bridgehead atoms. The molecule has 1 aliphatic rings. The molecule has 0 saturated carbocycles. The molecule has 1 saturated heterocycles. The zero-order chi connectivity index (χ0) is 18.6. The second-order valence-corrected chi connectivity index (χ2v) is 6.95. The SMILES string of the molecule is CCOC(=O)COc1c(Cl)cc(/C=C2/SC(=S)N(C)C2=O)cc1OC. The van der Waals surface area contributed by atoms with E-state index in [2.05, 4.69) is 0 Å². The molecule has 0 aliphatic carbocycles. The molecule has 0 N–H and O–H groups in total.